The number of halogens is 2. The number of hydrogen-bond acceptors (Lipinski definition) is 4. The lowest BCUT2D eigenvalue weighted by Gasteiger charge is -2.38. The van der Waals surface area contributed by atoms with Gasteiger partial charge in [0.15, 0.2) is 0 Å². The molecule has 1 amide bonds. The molecule has 1 heterocycles. The number of benzene rings is 1. The Morgan fingerprint density at radius 1 is 1.04 bits per heavy atom. The maximum Gasteiger partial charge on any atom is 0.227 e. The Hall–Kier alpha value is -1.01. The second kappa shape index (κ2) is 9.97. The lowest BCUT2D eigenvalue weighted by atomic mass is 9.84. The van der Waals surface area contributed by atoms with Gasteiger partial charge in [-0.25, -0.2) is 0 Å². The molecule has 0 aromatic heterocycles. The molecule has 3 aliphatic rings. The molecular formula is C20H31Cl2N3O2. The van der Waals surface area contributed by atoms with Crippen molar-refractivity contribution in [3.8, 4) is 5.75 Å². The summed E-state index contributed by atoms with van der Waals surface area (Å²) in [6, 6.07) is 10.0. The number of rotatable bonds is 5. The zero-order valence-corrected chi connectivity index (χ0v) is 17.3. The van der Waals surface area contributed by atoms with Crippen molar-refractivity contribution in [3.63, 3.8) is 0 Å². The van der Waals surface area contributed by atoms with E-state index < -0.39 is 0 Å². The topological polar surface area (TPSA) is 58.8 Å². The molecule has 2 aliphatic carbocycles. The number of carbonyl (C=O) groups excluding carboxylic acids is 1. The minimum absolute atomic E-state index is 0. The third-order valence-electron chi connectivity index (χ3n) is 6.37. The molecule has 7 heteroatoms. The summed E-state index contributed by atoms with van der Waals surface area (Å²) in [6.45, 7) is 5.11. The van der Waals surface area contributed by atoms with Crippen molar-refractivity contribution in [1.82, 2.24) is 9.80 Å². The second-order valence-electron chi connectivity index (χ2n) is 7.76. The summed E-state index contributed by atoms with van der Waals surface area (Å²) in [6.07, 6.45) is 3.60. The van der Waals surface area contributed by atoms with Crippen LogP contribution in [0.5, 0.6) is 5.75 Å². The number of amides is 1. The van der Waals surface area contributed by atoms with Gasteiger partial charge in [-0.15, -0.1) is 24.8 Å². The van der Waals surface area contributed by atoms with E-state index in [0.29, 0.717) is 24.3 Å². The first-order chi connectivity index (χ1) is 12.2. The van der Waals surface area contributed by atoms with Crippen molar-refractivity contribution in [3.05, 3.63) is 30.3 Å². The van der Waals surface area contributed by atoms with Gasteiger partial charge in [0.1, 0.15) is 12.4 Å². The molecule has 2 bridgehead atoms. The fraction of sp³-hybridized carbons (Fsp3) is 0.650. The van der Waals surface area contributed by atoms with Gasteiger partial charge in [0.25, 0.3) is 0 Å². The van der Waals surface area contributed by atoms with E-state index in [1.54, 1.807) is 0 Å². The maximum atomic E-state index is 12.9. The molecule has 4 rings (SSSR count). The van der Waals surface area contributed by atoms with Gasteiger partial charge in [0.2, 0.25) is 5.91 Å². The minimum atomic E-state index is 0. The summed E-state index contributed by atoms with van der Waals surface area (Å²) >= 11 is 0. The van der Waals surface area contributed by atoms with Crippen LogP contribution in [-0.2, 0) is 4.79 Å². The van der Waals surface area contributed by atoms with Crippen molar-refractivity contribution in [1.29, 1.82) is 0 Å². The summed E-state index contributed by atoms with van der Waals surface area (Å²) in [5.41, 5.74) is 6.35. The molecule has 0 spiro atoms. The first kappa shape index (κ1) is 22.3. The SMILES string of the molecule is Cl.Cl.NC1C2CCC(C2)C1C(=O)N1CCN(CCOc2ccccc2)CC1. The van der Waals surface area contributed by atoms with Gasteiger partial charge in [-0.2, -0.15) is 0 Å². The Labute approximate surface area is 174 Å². The summed E-state index contributed by atoms with van der Waals surface area (Å²) in [4.78, 5) is 17.3. The van der Waals surface area contributed by atoms with Crippen molar-refractivity contribution < 1.29 is 9.53 Å². The van der Waals surface area contributed by atoms with Gasteiger partial charge in [0.05, 0.1) is 5.92 Å². The summed E-state index contributed by atoms with van der Waals surface area (Å²) in [7, 11) is 0. The lowest BCUT2D eigenvalue weighted by molar-refractivity contribution is -0.139. The fourth-order valence-corrected chi connectivity index (χ4v) is 4.91. The van der Waals surface area contributed by atoms with Crippen molar-refractivity contribution >= 4 is 30.7 Å². The Balaban J connectivity index is 0.00000131. The van der Waals surface area contributed by atoms with Crippen LogP contribution in [0.2, 0.25) is 0 Å². The quantitative estimate of drug-likeness (QED) is 0.801. The van der Waals surface area contributed by atoms with Gasteiger partial charge in [-0.05, 0) is 43.2 Å². The molecule has 3 fully saturated rings. The van der Waals surface area contributed by atoms with E-state index in [4.69, 9.17) is 10.5 Å². The van der Waals surface area contributed by atoms with Crippen LogP contribution >= 0.6 is 24.8 Å². The monoisotopic (exact) mass is 415 g/mol. The number of carbonyl (C=O) groups is 1. The molecule has 2 saturated carbocycles. The number of fused-ring (bicyclic) bond motifs is 2. The largest absolute Gasteiger partial charge is 0.492 e. The van der Waals surface area contributed by atoms with Crippen LogP contribution in [0.1, 0.15) is 19.3 Å². The number of hydrogen-bond donors (Lipinski definition) is 1. The average Bonchev–Trinajstić information content (AvgIpc) is 3.24. The first-order valence-corrected chi connectivity index (χ1v) is 9.67. The minimum Gasteiger partial charge on any atom is -0.492 e. The highest BCUT2D eigenvalue weighted by Gasteiger charge is 2.50. The highest BCUT2D eigenvalue weighted by atomic mass is 35.5. The number of piperazine rings is 1. The lowest BCUT2D eigenvalue weighted by Crippen LogP contribution is -2.54. The van der Waals surface area contributed by atoms with Gasteiger partial charge in [-0.1, -0.05) is 18.2 Å². The summed E-state index contributed by atoms with van der Waals surface area (Å²) < 4.78 is 5.77. The standard InChI is InChI=1S/C20H29N3O2.2ClH/c21-19-16-7-6-15(14-16)18(19)20(24)23-10-8-22(9-11-23)12-13-25-17-4-2-1-3-5-17;;/h1-5,15-16,18-19H,6-14,21H2;2*1H. The molecule has 4 unspecified atom stereocenters. The zero-order chi connectivity index (χ0) is 17.2. The van der Waals surface area contributed by atoms with Gasteiger partial charge < -0.3 is 15.4 Å². The molecule has 0 radical (unpaired) electrons. The van der Waals surface area contributed by atoms with Gasteiger partial charge >= 0.3 is 0 Å². The highest BCUT2D eigenvalue weighted by Crippen LogP contribution is 2.48. The molecule has 2 N–H and O–H groups in total. The van der Waals surface area contributed by atoms with Gasteiger partial charge in [0, 0.05) is 38.8 Å². The molecular weight excluding hydrogens is 385 g/mol. The molecule has 5 nitrogen and oxygen atoms in total. The van der Waals surface area contributed by atoms with Crippen LogP contribution in [0.15, 0.2) is 30.3 Å². The molecule has 27 heavy (non-hydrogen) atoms. The second-order valence-corrected chi connectivity index (χ2v) is 7.76. The normalized spacial score (nSPS) is 29.7. The smallest absolute Gasteiger partial charge is 0.227 e. The maximum absolute atomic E-state index is 12.9. The fourth-order valence-electron chi connectivity index (χ4n) is 4.91. The average molecular weight is 416 g/mol. The predicted molar refractivity (Wildman–Crippen MR) is 112 cm³/mol. The Morgan fingerprint density at radius 3 is 2.33 bits per heavy atom. The Bertz CT molecular complexity index is 594. The van der Waals surface area contributed by atoms with E-state index in [2.05, 4.69) is 9.80 Å². The van der Waals surface area contributed by atoms with E-state index in [9.17, 15) is 4.79 Å². The Morgan fingerprint density at radius 2 is 1.70 bits per heavy atom. The van der Waals surface area contributed by atoms with E-state index >= 15 is 0 Å². The first-order valence-electron chi connectivity index (χ1n) is 9.67. The van der Waals surface area contributed by atoms with Crippen molar-refractivity contribution in [2.45, 2.75) is 25.3 Å². The number of para-hydroxylation sites is 1. The summed E-state index contributed by atoms with van der Waals surface area (Å²) in [5.74, 6) is 2.47. The Kier molecular flexibility index (Phi) is 8.22. The van der Waals surface area contributed by atoms with E-state index in [1.807, 2.05) is 30.3 Å². The van der Waals surface area contributed by atoms with E-state index in [1.165, 1.54) is 19.3 Å². The van der Waals surface area contributed by atoms with Crippen LogP contribution in [0, 0.1) is 17.8 Å². The van der Waals surface area contributed by atoms with Crippen LogP contribution < -0.4 is 10.5 Å². The van der Waals surface area contributed by atoms with Crippen molar-refractivity contribution in [2.24, 2.45) is 23.5 Å². The number of nitrogens with two attached hydrogens (primary N) is 1. The third kappa shape index (κ3) is 4.89. The zero-order valence-electron chi connectivity index (χ0n) is 15.7. The molecule has 152 valence electrons. The highest BCUT2D eigenvalue weighted by molar-refractivity contribution is 5.85. The van der Waals surface area contributed by atoms with E-state index in [0.717, 1.165) is 38.5 Å². The molecule has 1 saturated heterocycles. The van der Waals surface area contributed by atoms with Crippen LogP contribution in [0.3, 0.4) is 0 Å². The number of nitrogens with zero attached hydrogens (tertiary/aromatic N) is 2. The van der Waals surface area contributed by atoms with Crippen LogP contribution in [0.4, 0.5) is 0 Å². The number of ether oxygens (including phenoxy) is 1. The van der Waals surface area contributed by atoms with Gasteiger partial charge in [-0.3, -0.25) is 9.69 Å². The summed E-state index contributed by atoms with van der Waals surface area (Å²) in [5, 5.41) is 0. The van der Waals surface area contributed by atoms with Crippen molar-refractivity contribution in [2.75, 3.05) is 39.3 Å². The third-order valence-corrected chi connectivity index (χ3v) is 6.37. The molecule has 1 aliphatic heterocycles. The molecule has 1 aromatic carbocycles. The van der Waals surface area contributed by atoms with Crippen LogP contribution in [-0.4, -0.2) is 61.1 Å². The molecule has 4 atom stereocenters. The van der Waals surface area contributed by atoms with Crippen LogP contribution in [0.25, 0.3) is 0 Å². The molecule has 1 aromatic rings. The predicted octanol–water partition coefficient (Wildman–Crippen LogP) is 2.43. The van der Waals surface area contributed by atoms with E-state index in [-0.39, 0.29) is 36.8 Å².